The first-order chi connectivity index (χ1) is 8.65. The van der Waals surface area contributed by atoms with E-state index in [1.165, 1.54) is 19.2 Å². The van der Waals surface area contributed by atoms with Gasteiger partial charge < -0.3 is 15.2 Å². The third-order valence-electron chi connectivity index (χ3n) is 2.54. The van der Waals surface area contributed by atoms with Crippen LogP contribution in [0.1, 0.15) is 11.6 Å². The van der Waals surface area contributed by atoms with Gasteiger partial charge in [-0.25, -0.2) is 0 Å². The zero-order chi connectivity index (χ0) is 14.8. The van der Waals surface area contributed by atoms with E-state index in [0.29, 0.717) is 0 Å². The fraction of sp³-hybridized carbons (Fsp3) is 0.455. The van der Waals surface area contributed by atoms with E-state index in [0.717, 1.165) is 13.2 Å². The normalized spacial score (nSPS) is 13.4. The number of benzene rings is 1. The van der Waals surface area contributed by atoms with Crippen LogP contribution in [0.25, 0.3) is 0 Å². The molecule has 0 aromatic heterocycles. The standard InChI is InChI=1S/C11H12F5NO2.ClH/c1-18-6-3-4-8(19-2)7(5-6)9(17)10(12,13)11(14,15)16;/h3-5,9H,17H2,1-2H3;1H/t9-;/m0./s1. The van der Waals surface area contributed by atoms with Crippen molar-refractivity contribution in [1.82, 2.24) is 0 Å². The molecule has 1 aromatic carbocycles. The highest BCUT2D eigenvalue weighted by Crippen LogP contribution is 2.45. The van der Waals surface area contributed by atoms with Crippen molar-refractivity contribution in [3.05, 3.63) is 23.8 Å². The van der Waals surface area contributed by atoms with Gasteiger partial charge in [0.05, 0.1) is 14.2 Å². The zero-order valence-corrected chi connectivity index (χ0v) is 11.3. The maximum atomic E-state index is 13.2. The monoisotopic (exact) mass is 321 g/mol. The molecular weight excluding hydrogens is 309 g/mol. The van der Waals surface area contributed by atoms with E-state index in [9.17, 15) is 22.0 Å². The molecule has 0 spiro atoms. The quantitative estimate of drug-likeness (QED) is 0.865. The van der Waals surface area contributed by atoms with Gasteiger partial charge in [0.15, 0.2) is 0 Å². The van der Waals surface area contributed by atoms with Crippen LogP contribution in [0.5, 0.6) is 11.5 Å². The Morgan fingerprint density at radius 1 is 1.05 bits per heavy atom. The maximum Gasteiger partial charge on any atom is 0.455 e. The van der Waals surface area contributed by atoms with Crippen LogP contribution in [0.4, 0.5) is 22.0 Å². The average Bonchev–Trinajstić information content (AvgIpc) is 2.35. The third-order valence-corrected chi connectivity index (χ3v) is 2.54. The van der Waals surface area contributed by atoms with Crippen molar-refractivity contribution in [3.63, 3.8) is 0 Å². The molecule has 1 atom stereocenters. The molecule has 0 fully saturated rings. The molecule has 3 nitrogen and oxygen atoms in total. The molecule has 9 heteroatoms. The van der Waals surface area contributed by atoms with Gasteiger partial charge in [0, 0.05) is 5.56 Å². The summed E-state index contributed by atoms with van der Waals surface area (Å²) in [5.74, 6) is -5.14. The van der Waals surface area contributed by atoms with Crippen molar-refractivity contribution in [2.45, 2.75) is 18.1 Å². The van der Waals surface area contributed by atoms with Gasteiger partial charge in [-0.05, 0) is 18.2 Å². The summed E-state index contributed by atoms with van der Waals surface area (Å²) in [5, 5.41) is 0. The summed E-state index contributed by atoms with van der Waals surface area (Å²) in [6.45, 7) is 0. The Bertz CT molecular complexity index is 453. The van der Waals surface area contributed by atoms with Crippen LogP contribution in [0, 0.1) is 0 Å². The molecule has 0 aliphatic carbocycles. The van der Waals surface area contributed by atoms with E-state index in [1.54, 1.807) is 0 Å². The van der Waals surface area contributed by atoms with E-state index in [2.05, 4.69) is 0 Å². The molecule has 1 rings (SSSR count). The second kappa shape index (κ2) is 6.45. The molecule has 0 saturated carbocycles. The Morgan fingerprint density at radius 3 is 2.00 bits per heavy atom. The van der Waals surface area contributed by atoms with E-state index in [-0.39, 0.29) is 23.9 Å². The molecule has 0 aliphatic rings. The van der Waals surface area contributed by atoms with Gasteiger partial charge in [0.2, 0.25) is 0 Å². The molecule has 0 radical (unpaired) electrons. The van der Waals surface area contributed by atoms with Crippen LogP contribution in [-0.2, 0) is 0 Å². The molecule has 2 N–H and O–H groups in total. The molecule has 20 heavy (non-hydrogen) atoms. The molecular formula is C11H13ClF5NO2. The SMILES string of the molecule is COc1ccc(OC)c([C@H](N)C(F)(F)C(F)(F)F)c1.Cl. The van der Waals surface area contributed by atoms with Gasteiger partial charge in [-0.2, -0.15) is 22.0 Å². The van der Waals surface area contributed by atoms with Crippen LogP contribution >= 0.6 is 12.4 Å². The lowest BCUT2D eigenvalue weighted by molar-refractivity contribution is -0.291. The van der Waals surface area contributed by atoms with Crippen molar-refractivity contribution in [3.8, 4) is 11.5 Å². The Labute approximate surface area is 118 Å². The van der Waals surface area contributed by atoms with Gasteiger partial charge in [0.1, 0.15) is 17.5 Å². The van der Waals surface area contributed by atoms with Crippen LogP contribution in [0.3, 0.4) is 0 Å². The van der Waals surface area contributed by atoms with Gasteiger partial charge in [-0.15, -0.1) is 12.4 Å². The highest BCUT2D eigenvalue weighted by atomic mass is 35.5. The first-order valence-electron chi connectivity index (χ1n) is 5.07. The van der Waals surface area contributed by atoms with Crippen molar-refractivity contribution in [2.24, 2.45) is 5.73 Å². The average molecular weight is 322 g/mol. The maximum absolute atomic E-state index is 13.2. The number of nitrogens with two attached hydrogens (primary N) is 1. The molecule has 0 bridgehead atoms. The lowest BCUT2D eigenvalue weighted by Crippen LogP contribution is -2.45. The summed E-state index contributed by atoms with van der Waals surface area (Å²) < 4.78 is 72.8. The van der Waals surface area contributed by atoms with Crippen molar-refractivity contribution < 1.29 is 31.4 Å². The number of hydrogen-bond acceptors (Lipinski definition) is 3. The van der Waals surface area contributed by atoms with Crippen LogP contribution in [0.2, 0.25) is 0 Å². The number of rotatable bonds is 4. The molecule has 1 aromatic rings. The fourth-order valence-electron chi connectivity index (χ4n) is 1.45. The highest BCUT2D eigenvalue weighted by molar-refractivity contribution is 5.85. The van der Waals surface area contributed by atoms with E-state index >= 15 is 0 Å². The number of methoxy groups -OCH3 is 2. The van der Waals surface area contributed by atoms with Crippen LogP contribution in [0.15, 0.2) is 18.2 Å². The first kappa shape index (κ1) is 18.7. The molecule has 0 heterocycles. The largest absolute Gasteiger partial charge is 0.497 e. The van der Waals surface area contributed by atoms with Gasteiger partial charge in [0.25, 0.3) is 0 Å². The summed E-state index contributed by atoms with van der Waals surface area (Å²) >= 11 is 0. The van der Waals surface area contributed by atoms with E-state index in [4.69, 9.17) is 15.2 Å². The molecule has 0 saturated heterocycles. The smallest absolute Gasteiger partial charge is 0.455 e. The Morgan fingerprint density at radius 2 is 1.60 bits per heavy atom. The Balaban J connectivity index is 0.00000361. The van der Waals surface area contributed by atoms with Gasteiger partial charge in [-0.1, -0.05) is 0 Å². The molecule has 0 aliphatic heterocycles. The topological polar surface area (TPSA) is 44.5 Å². The number of alkyl halides is 5. The number of hydrogen-bond donors (Lipinski definition) is 1. The van der Waals surface area contributed by atoms with Crippen LogP contribution in [-0.4, -0.2) is 26.3 Å². The predicted molar refractivity (Wildman–Crippen MR) is 64.7 cm³/mol. The fourth-order valence-corrected chi connectivity index (χ4v) is 1.45. The first-order valence-corrected chi connectivity index (χ1v) is 5.07. The molecule has 0 unspecified atom stereocenters. The minimum Gasteiger partial charge on any atom is -0.497 e. The number of halogens is 6. The van der Waals surface area contributed by atoms with Crippen molar-refractivity contribution >= 4 is 12.4 Å². The summed E-state index contributed by atoms with van der Waals surface area (Å²) in [7, 11) is 2.39. The van der Waals surface area contributed by atoms with Crippen LogP contribution < -0.4 is 15.2 Å². The molecule has 116 valence electrons. The number of ether oxygens (including phenoxy) is 2. The summed E-state index contributed by atoms with van der Waals surface area (Å²) in [5.41, 5.74) is 4.57. The lowest BCUT2D eigenvalue weighted by atomic mass is 9.99. The Hall–Kier alpha value is -1.28. The van der Waals surface area contributed by atoms with Crippen molar-refractivity contribution in [1.29, 1.82) is 0 Å². The minimum absolute atomic E-state index is 0. The summed E-state index contributed by atoms with van der Waals surface area (Å²) in [6.07, 6.45) is -5.75. The minimum atomic E-state index is -5.75. The van der Waals surface area contributed by atoms with Gasteiger partial charge in [-0.3, -0.25) is 0 Å². The predicted octanol–water partition coefficient (Wildman–Crippen LogP) is 3.32. The Kier molecular flexibility index (Phi) is 6.03. The highest BCUT2D eigenvalue weighted by Gasteiger charge is 2.62. The molecule has 0 amide bonds. The third kappa shape index (κ3) is 3.43. The van der Waals surface area contributed by atoms with Crippen molar-refractivity contribution in [2.75, 3.05) is 14.2 Å². The van der Waals surface area contributed by atoms with E-state index in [1.807, 2.05) is 0 Å². The van der Waals surface area contributed by atoms with E-state index < -0.39 is 23.7 Å². The zero-order valence-electron chi connectivity index (χ0n) is 10.5. The summed E-state index contributed by atoms with van der Waals surface area (Å²) in [4.78, 5) is 0. The second-order valence-electron chi connectivity index (χ2n) is 3.71. The lowest BCUT2D eigenvalue weighted by Gasteiger charge is -2.27. The summed E-state index contributed by atoms with van der Waals surface area (Å²) in [6, 6.07) is 0.974. The second-order valence-corrected chi connectivity index (χ2v) is 3.71. The van der Waals surface area contributed by atoms with Gasteiger partial charge >= 0.3 is 12.1 Å².